The molecule has 0 saturated carbocycles. The number of anilines is 1. The van der Waals surface area contributed by atoms with Gasteiger partial charge >= 0.3 is 0 Å². The summed E-state index contributed by atoms with van der Waals surface area (Å²) < 4.78 is 14.2. The molecule has 1 N–H and O–H groups in total. The summed E-state index contributed by atoms with van der Waals surface area (Å²) in [6, 6.07) is 10.1. The molecule has 0 aliphatic rings. The molecule has 2 rings (SSSR count). The van der Waals surface area contributed by atoms with E-state index in [4.69, 9.17) is 5.26 Å². The fraction of sp³-hybridized carbons (Fsp3) is 0.0769. The van der Waals surface area contributed by atoms with Gasteiger partial charge in [-0.3, -0.25) is 4.98 Å². The van der Waals surface area contributed by atoms with Crippen LogP contribution in [0.25, 0.3) is 0 Å². The molecule has 0 aliphatic carbocycles. The van der Waals surface area contributed by atoms with Crippen molar-refractivity contribution >= 4 is 21.6 Å². The minimum Gasteiger partial charge on any atom is -0.378 e. The minimum absolute atomic E-state index is 0.0228. The maximum Gasteiger partial charge on any atom is 0.143 e. The number of nitrogens with one attached hydrogen (secondary N) is 1. The number of hydrogen-bond donors (Lipinski definition) is 1. The topological polar surface area (TPSA) is 48.7 Å². The Morgan fingerprint density at radius 2 is 2.17 bits per heavy atom. The lowest BCUT2D eigenvalue weighted by molar-refractivity contribution is 0.624. The van der Waals surface area contributed by atoms with Gasteiger partial charge in [0.1, 0.15) is 17.4 Å². The van der Waals surface area contributed by atoms with Gasteiger partial charge in [0, 0.05) is 10.7 Å². The molecule has 0 aliphatic heterocycles. The average molecular weight is 306 g/mol. The number of nitriles is 1. The van der Waals surface area contributed by atoms with E-state index in [0.29, 0.717) is 12.2 Å². The monoisotopic (exact) mass is 305 g/mol. The molecule has 1 heterocycles. The van der Waals surface area contributed by atoms with Crippen LogP contribution in [0.4, 0.5) is 10.1 Å². The largest absolute Gasteiger partial charge is 0.378 e. The van der Waals surface area contributed by atoms with E-state index >= 15 is 0 Å². The third kappa shape index (κ3) is 2.84. The normalized spacial score (nSPS) is 9.83. The predicted octanol–water partition coefficient (Wildman–Crippen LogP) is 3.47. The Hall–Kier alpha value is -1.93. The molecule has 18 heavy (non-hydrogen) atoms. The standard InChI is InChI=1S/C13H9BrFN3/c14-9-4-5-10(17-7-9)8-18-13-3-1-2-12(15)11(13)6-16/h1-5,7,18H,8H2. The Bertz CT molecular complexity index is 590. The summed E-state index contributed by atoms with van der Waals surface area (Å²) in [4.78, 5) is 4.19. The summed E-state index contributed by atoms with van der Waals surface area (Å²) in [5.74, 6) is -0.522. The molecule has 0 fully saturated rings. The van der Waals surface area contributed by atoms with Crippen LogP contribution in [-0.4, -0.2) is 4.98 Å². The maximum atomic E-state index is 13.3. The fourth-order valence-electron chi connectivity index (χ4n) is 1.48. The molecule has 1 aromatic heterocycles. The molecule has 5 heteroatoms. The summed E-state index contributed by atoms with van der Waals surface area (Å²) >= 11 is 3.30. The molecule has 0 unspecified atom stereocenters. The average Bonchev–Trinajstić information content (AvgIpc) is 2.38. The van der Waals surface area contributed by atoms with Crippen molar-refractivity contribution in [3.8, 4) is 6.07 Å². The lowest BCUT2D eigenvalue weighted by Gasteiger charge is -2.08. The van der Waals surface area contributed by atoms with E-state index in [1.807, 2.05) is 18.2 Å². The third-order valence-corrected chi connectivity index (χ3v) is 2.84. The molecular weight excluding hydrogens is 297 g/mol. The molecule has 1 aromatic carbocycles. The van der Waals surface area contributed by atoms with Gasteiger partial charge in [0.2, 0.25) is 0 Å². The highest BCUT2D eigenvalue weighted by Gasteiger charge is 2.07. The second kappa shape index (κ2) is 5.61. The fourth-order valence-corrected chi connectivity index (χ4v) is 1.72. The molecule has 0 bridgehead atoms. The van der Waals surface area contributed by atoms with E-state index in [1.165, 1.54) is 6.07 Å². The van der Waals surface area contributed by atoms with E-state index in [2.05, 4.69) is 26.2 Å². The maximum absolute atomic E-state index is 13.3. The summed E-state index contributed by atoms with van der Waals surface area (Å²) in [6.07, 6.45) is 1.69. The first kappa shape index (κ1) is 12.5. The molecule has 0 saturated heterocycles. The van der Waals surface area contributed by atoms with Gasteiger partial charge in [-0.2, -0.15) is 5.26 Å². The number of rotatable bonds is 3. The Morgan fingerprint density at radius 1 is 1.33 bits per heavy atom. The van der Waals surface area contributed by atoms with Gasteiger partial charge in [-0.05, 0) is 40.2 Å². The molecule has 0 amide bonds. The second-order valence-electron chi connectivity index (χ2n) is 3.60. The number of halogens is 2. The van der Waals surface area contributed by atoms with Crippen LogP contribution in [0.5, 0.6) is 0 Å². The van der Waals surface area contributed by atoms with Crippen LogP contribution in [0.1, 0.15) is 11.3 Å². The molecule has 0 atom stereocenters. The number of aromatic nitrogens is 1. The first-order chi connectivity index (χ1) is 8.70. The first-order valence-electron chi connectivity index (χ1n) is 5.23. The molecule has 2 aromatic rings. The molecule has 90 valence electrons. The number of nitrogens with zero attached hydrogens (tertiary/aromatic N) is 2. The summed E-state index contributed by atoms with van der Waals surface area (Å²) in [7, 11) is 0. The van der Waals surface area contributed by atoms with Gasteiger partial charge in [0.25, 0.3) is 0 Å². The van der Waals surface area contributed by atoms with Gasteiger partial charge in [0.05, 0.1) is 17.9 Å². The number of benzene rings is 1. The van der Waals surface area contributed by atoms with Crippen LogP contribution in [0.2, 0.25) is 0 Å². The Kier molecular flexibility index (Phi) is 3.90. The van der Waals surface area contributed by atoms with Gasteiger partial charge in [-0.25, -0.2) is 4.39 Å². The Labute approximate surface area is 112 Å². The first-order valence-corrected chi connectivity index (χ1v) is 6.03. The van der Waals surface area contributed by atoms with Crippen LogP contribution in [-0.2, 0) is 6.54 Å². The summed E-state index contributed by atoms with van der Waals surface area (Å²) in [5, 5.41) is 11.9. The van der Waals surface area contributed by atoms with Gasteiger partial charge in [0.15, 0.2) is 0 Å². The summed E-state index contributed by atoms with van der Waals surface area (Å²) in [6.45, 7) is 0.436. The molecule has 3 nitrogen and oxygen atoms in total. The van der Waals surface area contributed by atoms with Crippen molar-refractivity contribution in [1.82, 2.24) is 4.98 Å². The van der Waals surface area contributed by atoms with Crippen molar-refractivity contribution in [1.29, 1.82) is 5.26 Å². The quantitative estimate of drug-likeness (QED) is 0.944. The van der Waals surface area contributed by atoms with Crippen LogP contribution >= 0.6 is 15.9 Å². The zero-order chi connectivity index (χ0) is 13.0. The highest BCUT2D eigenvalue weighted by molar-refractivity contribution is 9.10. The van der Waals surface area contributed by atoms with Crippen LogP contribution in [0, 0.1) is 17.1 Å². The predicted molar refractivity (Wildman–Crippen MR) is 70.4 cm³/mol. The van der Waals surface area contributed by atoms with Gasteiger partial charge < -0.3 is 5.32 Å². The molecule has 0 radical (unpaired) electrons. The zero-order valence-electron chi connectivity index (χ0n) is 9.32. The smallest absolute Gasteiger partial charge is 0.143 e. The van der Waals surface area contributed by atoms with E-state index in [0.717, 1.165) is 10.2 Å². The second-order valence-corrected chi connectivity index (χ2v) is 4.51. The van der Waals surface area contributed by atoms with Crippen molar-refractivity contribution < 1.29 is 4.39 Å². The van der Waals surface area contributed by atoms with Gasteiger partial charge in [-0.15, -0.1) is 0 Å². The lowest BCUT2D eigenvalue weighted by atomic mass is 10.2. The van der Waals surface area contributed by atoms with Crippen molar-refractivity contribution in [3.05, 3.63) is 58.1 Å². The van der Waals surface area contributed by atoms with Crippen LogP contribution in [0.3, 0.4) is 0 Å². The SMILES string of the molecule is N#Cc1c(F)cccc1NCc1ccc(Br)cn1. The van der Waals surface area contributed by atoms with E-state index in [1.54, 1.807) is 18.3 Å². The molecule has 0 spiro atoms. The Morgan fingerprint density at radius 3 is 2.83 bits per heavy atom. The van der Waals surface area contributed by atoms with Gasteiger partial charge in [-0.1, -0.05) is 6.07 Å². The summed E-state index contributed by atoms with van der Waals surface area (Å²) in [5.41, 5.74) is 1.31. The number of pyridine rings is 1. The van der Waals surface area contributed by atoms with E-state index in [-0.39, 0.29) is 5.56 Å². The Balaban J connectivity index is 2.14. The minimum atomic E-state index is -0.522. The van der Waals surface area contributed by atoms with Crippen molar-refractivity contribution in [2.24, 2.45) is 0 Å². The van der Waals surface area contributed by atoms with E-state index < -0.39 is 5.82 Å². The van der Waals surface area contributed by atoms with Crippen molar-refractivity contribution in [2.45, 2.75) is 6.54 Å². The van der Waals surface area contributed by atoms with Crippen molar-refractivity contribution in [3.63, 3.8) is 0 Å². The lowest BCUT2D eigenvalue weighted by Crippen LogP contribution is -2.03. The van der Waals surface area contributed by atoms with Crippen molar-refractivity contribution in [2.75, 3.05) is 5.32 Å². The molecular formula is C13H9BrFN3. The third-order valence-electron chi connectivity index (χ3n) is 2.37. The number of hydrogen-bond acceptors (Lipinski definition) is 3. The highest BCUT2D eigenvalue weighted by atomic mass is 79.9. The highest BCUT2D eigenvalue weighted by Crippen LogP contribution is 2.18. The van der Waals surface area contributed by atoms with Crippen LogP contribution in [0.15, 0.2) is 41.0 Å². The zero-order valence-corrected chi connectivity index (χ0v) is 10.9. The van der Waals surface area contributed by atoms with Crippen LogP contribution < -0.4 is 5.32 Å². The van der Waals surface area contributed by atoms with E-state index in [9.17, 15) is 4.39 Å².